The van der Waals surface area contributed by atoms with Crippen LogP contribution in [0.2, 0.25) is 5.02 Å². The Morgan fingerprint density at radius 2 is 1.95 bits per heavy atom. The van der Waals surface area contributed by atoms with Gasteiger partial charge in [-0.2, -0.15) is 0 Å². The van der Waals surface area contributed by atoms with Crippen LogP contribution in [0.1, 0.15) is 0 Å². The van der Waals surface area contributed by atoms with E-state index in [0.29, 0.717) is 10.7 Å². The molecule has 0 fully saturated rings. The smallest absolute Gasteiger partial charge is 0.244 e. The molecule has 1 amide bonds. The first kappa shape index (κ1) is 12.8. The van der Waals surface area contributed by atoms with Crippen molar-refractivity contribution in [1.29, 1.82) is 0 Å². The van der Waals surface area contributed by atoms with E-state index in [-0.39, 0.29) is 12.5 Å². The van der Waals surface area contributed by atoms with Crippen LogP contribution < -0.4 is 5.32 Å². The van der Waals surface area contributed by atoms with Gasteiger partial charge in [0.05, 0.1) is 0 Å². The summed E-state index contributed by atoms with van der Waals surface area (Å²) in [6, 6.07) is 17.1. The summed E-state index contributed by atoms with van der Waals surface area (Å²) >= 11 is 5.89. The van der Waals surface area contributed by atoms with Crippen LogP contribution >= 0.6 is 11.6 Å². The molecule has 100 valence electrons. The molecule has 0 unspecified atom stereocenters. The van der Waals surface area contributed by atoms with Crippen molar-refractivity contribution < 1.29 is 4.79 Å². The summed E-state index contributed by atoms with van der Waals surface area (Å²) in [5, 5.41) is 4.58. The first-order valence-corrected chi connectivity index (χ1v) is 6.69. The zero-order valence-electron chi connectivity index (χ0n) is 10.7. The molecule has 0 saturated heterocycles. The van der Waals surface area contributed by atoms with Crippen LogP contribution in [0.5, 0.6) is 0 Å². The van der Waals surface area contributed by atoms with Gasteiger partial charge in [0, 0.05) is 22.4 Å². The number of hydrogen-bond acceptors (Lipinski definition) is 1. The minimum Gasteiger partial charge on any atom is -0.338 e. The third kappa shape index (κ3) is 2.68. The highest BCUT2D eigenvalue weighted by molar-refractivity contribution is 6.30. The Kier molecular flexibility index (Phi) is 3.44. The molecule has 3 nitrogen and oxygen atoms in total. The number of benzene rings is 2. The van der Waals surface area contributed by atoms with E-state index in [1.54, 1.807) is 12.1 Å². The number of carbonyl (C=O) groups excluding carboxylic acids is 1. The van der Waals surface area contributed by atoms with Crippen molar-refractivity contribution in [3.05, 3.63) is 65.8 Å². The summed E-state index contributed by atoms with van der Waals surface area (Å²) in [4.78, 5) is 12.1. The Morgan fingerprint density at radius 1 is 1.10 bits per heavy atom. The molecular weight excluding hydrogens is 272 g/mol. The lowest BCUT2D eigenvalue weighted by Gasteiger charge is -2.07. The van der Waals surface area contributed by atoms with Gasteiger partial charge in [0.2, 0.25) is 5.91 Å². The normalized spacial score (nSPS) is 10.7. The van der Waals surface area contributed by atoms with Crippen molar-refractivity contribution in [3.8, 4) is 0 Å². The number of para-hydroxylation sites is 1. The second kappa shape index (κ2) is 5.39. The summed E-state index contributed by atoms with van der Waals surface area (Å²) in [5.74, 6) is -0.0754. The third-order valence-electron chi connectivity index (χ3n) is 3.10. The summed E-state index contributed by atoms with van der Waals surface area (Å²) in [7, 11) is 0. The van der Waals surface area contributed by atoms with Crippen molar-refractivity contribution in [2.45, 2.75) is 6.54 Å². The van der Waals surface area contributed by atoms with Crippen LogP contribution in [0.3, 0.4) is 0 Å². The lowest BCUT2D eigenvalue weighted by molar-refractivity contribution is -0.116. The van der Waals surface area contributed by atoms with Gasteiger partial charge in [-0.15, -0.1) is 0 Å². The monoisotopic (exact) mass is 284 g/mol. The van der Waals surface area contributed by atoms with Gasteiger partial charge in [-0.05, 0) is 35.7 Å². The highest BCUT2D eigenvalue weighted by Crippen LogP contribution is 2.17. The van der Waals surface area contributed by atoms with E-state index in [9.17, 15) is 4.79 Å². The molecule has 0 spiro atoms. The first-order valence-electron chi connectivity index (χ1n) is 6.32. The summed E-state index contributed by atoms with van der Waals surface area (Å²) < 4.78 is 1.93. The Bertz CT molecular complexity index is 764. The van der Waals surface area contributed by atoms with E-state index >= 15 is 0 Å². The van der Waals surface area contributed by atoms with Crippen LogP contribution in [0.15, 0.2) is 60.8 Å². The molecule has 0 radical (unpaired) electrons. The van der Waals surface area contributed by atoms with Crippen LogP contribution in [0.4, 0.5) is 5.69 Å². The number of halogens is 1. The van der Waals surface area contributed by atoms with Gasteiger partial charge in [0.1, 0.15) is 6.54 Å². The Balaban J connectivity index is 1.76. The van der Waals surface area contributed by atoms with Gasteiger partial charge >= 0.3 is 0 Å². The fraction of sp³-hybridized carbons (Fsp3) is 0.0625. The Labute approximate surface area is 121 Å². The second-order valence-electron chi connectivity index (χ2n) is 4.56. The quantitative estimate of drug-likeness (QED) is 0.777. The standard InChI is InChI=1S/C16H13ClN2O/c17-13-5-3-6-14(10-13)18-16(20)11-19-9-8-12-4-1-2-7-15(12)19/h1-10H,11H2,(H,18,20). The minimum atomic E-state index is -0.0754. The van der Waals surface area contributed by atoms with Crippen molar-refractivity contribution in [2.24, 2.45) is 0 Å². The molecule has 3 rings (SSSR count). The van der Waals surface area contributed by atoms with Crippen molar-refractivity contribution in [1.82, 2.24) is 4.57 Å². The van der Waals surface area contributed by atoms with Gasteiger partial charge in [-0.3, -0.25) is 4.79 Å². The van der Waals surface area contributed by atoms with Gasteiger partial charge in [0.15, 0.2) is 0 Å². The SMILES string of the molecule is O=C(Cn1ccc2ccccc21)Nc1cccc(Cl)c1. The van der Waals surface area contributed by atoms with Crippen LogP contribution in [0.25, 0.3) is 10.9 Å². The zero-order chi connectivity index (χ0) is 13.9. The number of nitrogens with zero attached hydrogens (tertiary/aromatic N) is 1. The maximum Gasteiger partial charge on any atom is 0.244 e. The van der Waals surface area contributed by atoms with E-state index in [1.807, 2.05) is 53.2 Å². The fourth-order valence-corrected chi connectivity index (χ4v) is 2.39. The molecule has 3 aromatic rings. The number of hydrogen-bond donors (Lipinski definition) is 1. The second-order valence-corrected chi connectivity index (χ2v) is 5.00. The highest BCUT2D eigenvalue weighted by atomic mass is 35.5. The maximum absolute atomic E-state index is 12.1. The molecule has 0 aliphatic rings. The average Bonchev–Trinajstić information content (AvgIpc) is 2.82. The summed E-state index contributed by atoms with van der Waals surface area (Å²) in [5.41, 5.74) is 1.76. The third-order valence-corrected chi connectivity index (χ3v) is 3.34. The lowest BCUT2D eigenvalue weighted by atomic mass is 10.2. The molecule has 0 aliphatic carbocycles. The Hall–Kier alpha value is -2.26. The highest BCUT2D eigenvalue weighted by Gasteiger charge is 2.06. The molecule has 1 N–H and O–H groups in total. The predicted octanol–water partition coefficient (Wildman–Crippen LogP) is 3.93. The number of rotatable bonds is 3. The largest absolute Gasteiger partial charge is 0.338 e. The van der Waals surface area contributed by atoms with E-state index in [0.717, 1.165) is 10.9 Å². The maximum atomic E-state index is 12.1. The number of carbonyl (C=O) groups is 1. The molecule has 2 aromatic carbocycles. The van der Waals surface area contributed by atoms with Crippen molar-refractivity contribution >= 4 is 34.1 Å². The van der Waals surface area contributed by atoms with Gasteiger partial charge < -0.3 is 9.88 Å². The molecule has 20 heavy (non-hydrogen) atoms. The number of nitrogens with one attached hydrogen (secondary N) is 1. The predicted molar refractivity (Wildman–Crippen MR) is 82.0 cm³/mol. The molecule has 4 heteroatoms. The summed E-state index contributed by atoms with van der Waals surface area (Å²) in [6.45, 7) is 0.278. The van der Waals surface area contributed by atoms with Crippen LogP contribution in [-0.4, -0.2) is 10.5 Å². The van der Waals surface area contributed by atoms with Gasteiger partial charge in [-0.1, -0.05) is 35.9 Å². The van der Waals surface area contributed by atoms with Crippen LogP contribution in [-0.2, 0) is 11.3 Å². The molecule has 0 saturated carbocycles. The summed E-state index contributed by atoms with van der Waals surface area (Å²) in [6.07, 6.45) is 1.92. The minimum absolute atomic E-state index is 0.0754. The Morgan fingerprint density at radius 3 is 2.80 bits per heavy atom. The van der Waals surface area contributed by atoms with Gasteiger partial charge in [-0.25, -0.2) is 0 Å². The average molecular weight is 285 g/mol. The molecule has 0 aliphatic heterocycles. The topological polar surface area (TPSA) is 34.0 Å². The number of aromatic nitrogens is 1. The molecule has 0 bridgehead atoms. The van der Waals surface area contributed by atoms with Crippen molar-refractivity contribution in [2.75, 3.05) is 5.32 Å². The van der Waals surface area contributed by atoms with Gasteiger partial charge in [0.25, 0.3) is 0 Å². The zero-order valence-corrected chi connectivity index (χ0v) is 11.5. The molecule has 1 aromatic heterocycles. The van der Waals surface area contributed by atoms with Crippen molar-refractivity contribution in [3.63, 3.8) is 0 Å². The molecular formula is C16H13ClN2O. The molecule has 1 heterocycles. The van der Waals surface area contributed by atoms with E-state index in [2.05, 4.69) is 5.32 Å². The lowest BCUT2D eigenvalue weighted by Crippen LogP contribution is -2.18. The fourth-order valence-electron chi connectivity index (χ4n) is 2.20. The van der Waals surface area contributed by atoms with E-state index < -0.39 is 0 Å². The number of amides is 1. The van der Waals surface area contributed by atoms with Crippen LogP contribution in [0, 0.1) is 0 Å². The number of anilines is 1. The number of fused-ring (bicyclic) bond motifs is 1. The molecule has 0 atom stereocenters. The van der Waals surface area contributed by atoms with E-state index in [4.69, 9.17) is 11.6 Å². The van der Waals surface area contributed by atoms with E-state index in [1.165, 1.54) is 0 Å². The first-order chi connectivity index (χ1) is 9.72.